The Labute approximate surface area is 158 Å². The third-order valence-electron chi connectivity index (χ3n) is 4.20. The Bertz CT molecular complexity index is 965. The van der Waals surface area contributed by atoms with Gasteiger partial charge >= 0.3 is 6.03 Å². The van der Waals surface area contributed by atoms with E-state index in [2.05, 4.69) is 15.6 Å². The molecule has 1 saturated heterocycles. The monoisotopic (exact) mass is 384 g/mol. The quantitative estimate of drug-likeness (QED) is 0.636. The molecule has 4 amide bonds. The summed E-state index contributed by atoms with van der Waals surface area (Å²) in [5, 5.41) is 5.87. The number of hydrogen-bond donors (Lipinski definition) is 2. The predicted octanol–water partition coefficient (Wildman–Crippen LogP) is 2.73. The second-order valence-electron chi connectivity index (χ2n) is 6.08. The van der Waals surface area contributed by atoms with Gasteiger partial charge in [-0.2, -0.15) is 0 Å². The van der Waals surface area contributed by atoms with Crippen LogP contribution in [0.25, 0.3) is 10.2 Å². The van der Waals surface area contributed by atoms with Gasteiger partial charge in [0.1, 0.15) is 11.8 Å². The summed E-state index contributed by atoms with van der Waals surface area (Å²) in [7, 11) is 0. The first-order valence-corrected chi connectivity index (χ1v) is 9.21. The number of thiazole rings is 1. The molecule has 0 spiro atoms. The molecule has 2 N–H and O–H groups in total. The maximum atomic E-state index is 12.4. The summed E-state index contributed by atoms with van der Waals surface area (Å²) in [6, 6.07) is 9.80. The number of anilines is 1. The summed E-state index contributed by atoms with van der Waals surface area (Å²) in [6.45, 7) is 0.0755. The maximum absolute atomic E-state index is 12.4. The fraction of sp³-hybridized carbons (Fsp3) is 0.222. The molecule has 1 aromatic carbocycles. The van der Waals surface area contributed by atoms with E-state index in [0.717, 1.165) is 15.1 Å². The van der Waals surface area contributed by atoms with Crippen molar-refractivity contribution in [2.45, 2.75) is 25.4 Å². The van der Waals surface area contributed by atoms with Gasteiger partial charge in [0, 0.05) is 6.42 Å². The average molecular weight is 384 g/mol. The molecule has 138 valence electrons. The second kappa shape index (κ2) is 7.20. The summed E-state index contributed by atoms with van der Waals surface area (Å²) < 4.78 is 6.16. The Morgan fingerprint density at radius 1 is 1.26 bits per heavy atom. The first-order chi connectivity index (χ1) is 13.1. The number of fused-ring (bicyclic) bond motifs is 1. The van der Waals surface area contributed by atoms with Crippen LogP contribution >= 0.6 is 11.3 Å². The van der Waals surface area contributed by atoms with Gasteiger partial charge in [-0.3, -0.25) is 14.5 Å². The summed E-state index contributed by atoms with van der Waals surface area (Å²) in [4.78, 5) is 42.0. The molecule has 1 atom stereocenters. The van der Waals surface area contributed by atoms with Crippen molar-refractivity contribution in [1.29, 1.82) is 0 Å². The molecule has 4 rings (SSSR count). The molecule has 0 saturated carbocycles. The number of benzene rings is 1. The van der Waals surface area contributed by atoms with E-state index in [1.165, 1.54) is 17.6 Å². The third kappa shape index (κ3) is 3.68. The normalized spacial score (nSPS) is 16.7. The predicted molar refractivity (Wildman–Crippen MR) is 99.1 cm³/mol. The average Bonchev–Trinajstić information content (AvgIpc) is 3.36. The number of furan rings is 1. The van der Waals surface area contributed by atoms with E-state index < -0.39 is 12.1 Å². The van der Waals surface area contributed by atoms with Gasteiger partial charge in [-0.15, -0.1) is 0 Å². The van der Waals surface area contributed by atoms with Crippen LogP contribution in [0.15, 0.2) is 47.1 Å². The summed E-state index contributed by atoms with van der Waals surface area (Å²) in [6.07, 6.45) is 1.80. The van der Waals surface area contributed by atoms with E-state index in [0.29, 0.717) is 10.9 Å². The van der Waals surface area contributed by atoms with Crippen LogP contribution in [0, 0.1) is 0 Å². The first kappa shape index (κ1) is 17.2. The highest BCUT2D eigenvalue weighted by Gasteiger charge is 2.38. The largest absolute Gasteiger partial charge is 0.467 e. The number of para-hydroxylation sites is 1. The minimum atomic E-state index is -0.714. The van der Waals surface area contributed by atoms with E-state index in [1.807, 2.05) is 24.3 Å². The lowest BCUT2D eigenvalue weighted by Crippen LogP contribution is -2.31. The van der Waals surface area contributed by atoms with E-state index in [-0.39, 0.29) is 31.2 Å². The fourth-order valence-electron chi connectivity index (χ4n) is 2.86. The Morgan fingerprint density at radius 2 is 2.11 bits per heavy atom. The summed E-state index contributed by atoms with van der Waals surface area (Å²) in [5.41, 5.74) is 0.824. The molecule has 2 aromatic heterocycles. The van der Waals surface area contributed by atoms with Gasteiger partial charge in [-0.05, 0) is 30.7 Å². The molecule has 0 unspecified atom stereocenters. The number of carbonyl (C=O) groups is 3. The van der Waals surface area contributed by atoms with Crippen LogP contribution in [0.3, 0.4) is 0 Å². The number of carbonyl (C=O) groups excluding carboxylic acids is 3. The van der Waals surface area contributed by atoms with Crippen molar-refractivity contribution >= 4 is 44.5 Å². The fourth-order valence-corrected chi connectivity index (χ4v) is 3.75. The molecule has 0 bridgehead atoms. The highest BCUT2D eigenvalue weighted by atomic mass is 32.1. The highest BCUT2D eigenvalue weighted by molar-refractivity contribution is 7.22. The Morgan fingerprint density at radius 3 is 2.89 bits per heavy atom. The van der Waals surface area contributed by atoms with Gasteiger partial charge in [0.15, 0.2) is 5.13 Å². The lowest BCUT2D eigenvalue weighted by Gasteiger charge is -2.11. The van der Waals surface area contributed by atoms with Crippen LogP contribution in [0.4, 0.5) is 9.93 Å². The maximum Gasteiger partial charge on any atom is 0.325 e. The molecule has 9 heteroatoms. The molecule has 3 heterocycles. The lowest BCUT2D eigenvalue weighted by atomic mass is 10.1. The molecule has 3 aromatic rings. The molecule has 8 nitrogen and oxygen atoms in total. The van der Waals surface area contributed by atoms with Crippen LogP contribution < -0.4 is 10.6 Å². The number of nitrogens with zero attached hydrogens (tertiary/aromatic N) is 2. The van der Waals surface area contributed by atoms with Crippen LogP contribution in [-0.2, 0) is 16.1 Å². The van der Waals surface area contributed by atoms with Crippen molar-refractivity contribution in [3.05, 3.63) is 48.4 Å². The molecular formula is C18H16N4O4S. The van der Waals surface area contributed by atoms with Crippen molar-refractivity contribution in [3.8, 4) is 0 Å². The van der Waals surface area contributed by atoms with Gasteiger partial charge < -0.3 is 15.1 Å². The van der Waals surface area contributed by atoms with E-state index in [1.54, 1.807) is 12.1 Å². The topological polar surface area (TPSA) is 105 Å². The van der Waals surface area contributed by atoms with Gasteiger partial charge in [-0.1, -0.05) is 23.5 Å². The van der Waals surface area contributed by atoms with E-state index in [9.17, 15) is 14.4 Å². The van der Waals surface area contributed by atoms with Gasteiger partial charge in [-0.25, -0.2) is 9.78 Å². The van der Waals surface area contributed by atoms with Crippen molar-refractivity contribution in [1.82, 2.24) is 15.2 Å². The smallest absolute Gasteiger partial charge is 0.325 e. The zero-order valence-electron chi connectivity index (χ0n) is 14.2. The summed E-state index contributed by atoms with van der Waals surface area (Å²) in [5.74, 6) is -0.0856. The SMILES string of the molecule is O=C(CC[C@H]1NC(=O)N(Cc2ccco2)C1=O)Nc1nc2ccccc2s1. The molecule has 27 heavy (non-hydrogen) atoms. The van der Waals surface area contributed by atoms with Crippen LogP contribution in [0.5, 0.6) is 0 Å². The molecule has 1 aliphatic rings. The zero-order valence-corrected chi connectivity index (χ0v) is 15.0. The zero-order chi connectivity index (χ0) is 18.8. The number of nitrogens with one attached hydrogen (secondary N) is 2. The van der Waals surface area contributed by atoms with Crippen molar-refractivity contribution in [2.24, 2.45) is 0 Å². The number of aromatic nitrogens is 1. The van der Waals surface area contributed by atoms with Gasteiger partial charge in [0.05, 0.1) is 23.0 Å². The lowest BCUT2D eigenvalue weighted by molar-refractivity contribution is -0.128. The highest BCUT2D eigenvalue weighted by Crippen LogP contribution is 2.25. The van der Waals surface area contributed by atoms with Crippen molar-refractivity contribution < 1.29 is 18.8 Å². The molecule has 1 fully saturated rings. The number of imide groups is 1. The third-order valence-corrected chi connectivity index (χ3v) is 5.15. The Kier molecular flexibility index (Phi) is 4.59. The number of amides is 4. The van der Waals surface area contributed by atoms with Crippen molar-refractivity contribution in [2.75, 3.05) is 5.32 Å². The minimum Gasteiger partial charge on any atom is -0.467 e. The number of hydrogen-bond acceptors (Lipinski definition) is 6. The Hall–Kier alpha value is -3.20. The Balaban J connectivity index is 1.32. The number of urea groups is 1. The van der Waals surface area contributed by atoms with E-state index >= 15 is 0 Å². The molecule has 0 aliphatic carbocycles. The number of rotatable bonds is 6. The van der Waals surface area contributed by atoms with E-state index in [4.69, 9.17) is 4.42 Å². The second-order valence-corrected chi connectivity index (χ2v) is 7.11. The summed E-state index contributed by atoms with van der Waals surface area (Å²) >= 11 is 1.39. The van der Waals surface area contributed by atoms with Crippen LogP contribution in [0.1, 0.15) is 18.6 Å². The standard InChI is InChI=1S/C18H16N4O4S/c23-15(21-17-19-12-5-1-2-6-14(12)27-17)8-7-13-16(24)22(18(25)20-13)10-11-4-3-9-26-11/h1-6,9,13H,7-8,10H2,(H,20,25)(H,19,21,23)/t13-/m1/s1. The molecule has 1 aliphatic heterocycles. The van der Waals surface area contributed by atoms with Gasteiger partial charge in [0.25, 0.3) is 5.91 Å². The van der Waals surface area contributed by atoms with Crippen molar-refractivity contribution in [3.63, 3.8) is 0 Å². The van der Waals surface area contributed by atoms with Crippen LogP contribution in [0.2, 0.25) is 0 Å². The first-order valence-electron chi connectivity index (χ1n) is 8.40. The minimum absolute atomic E-state index is 0.0755. The molecular weight excluding hydrogens is 368 g/mol. The van der Waals surface area contributed by atoms with Gasteiger partial charge in [0.2, 0.25) is 5.91 Å². The van der Waals surface area contributed by atoms with Crippen LogP contribution in [-0.4, -0.2) is 33.8 Å². The molecule has 0 radical (unpaired) electrons.